The SMILES string of the molecule is COC1CCN(C(CN)C2CCC(C)CC2)C1. The van der Waals surface area contributed by atoms with Gasteiger partial charge in [0.1, 0.15) is 0 Å². The highest BCUT2D eigenvalue weighted by Crippen LogP contribution is 2.33. The summed E-state index contributed by atoms with van der Waals surface area (Å²) in [6, 6.07) is 0.600. The lowest BCUT2D eigenvalue weighted by molar-refractivity contribution is 0.0842. The molecule has 0 amide bonds. The molecule has 2 rings (SSSR count). The molecule has 0 aromatic heterocycles. The fraction of sp³-hybridized carbons (Fsp3) is 1.00. The molecule has 1 aliphatic carbocycles. The molecule has 100 valence electrons. The lowest BCUT2D eigenvalue weighted by atomic mass is 9.79. The first kappa shape index (κ1) is 13.3. The second-order valence-corrected chi connectivity index (χ2v) is 5.96. The van der Waals surface area contributed by atoms with E-state index in [1.165, 1.54) is 38.6 Å². The first-order valence-corrected chi connectivity index (χ1v) is 7.21. The number of nitrogens with two attached hydrogens (primary N) is 1. The quantitative estimate of drug-likeness (QED) is 0.815. The van der Waals surface area contributed by atoms with Gasteiger partial charge in [0.2, 0.25) is 0 Å². The molecule has 1 heterocycles. The molecule has 0 radical (unpaired) electrons. The molecule has 3 nitrogen and oxygen atoms in total. The summed E-state index contributed by atoms with van der Waals surface area (Å²) < 4.78 is 5.46. The molecule has 1 aliphatic heterocycles. The number of hydrogen-bond donors (Lipinski definition) is 1. The van der Waals surface area contributed by atoms with Crippen LogP contribution in [0.1, 0.15) is 39.0 Å². The molecule has 2 N–H and O–H groups in total. The van der Waals surface area contributed by atoms with Crippen molar-refractivity contribution in [2.45, 2.75) is 51.2 Å². The fourth-order valence-corrected chi connectivity index (χ4v) is 3.56. The van der Waals surface area contributed by atoms with E-state index in [0.29, 0.717) is 12.1 Å². The maximum Gasteiger partial charge on any atom is 0.0710 e. The highest BCUT2D eigenvalue weighted by molar-refractivity contribution is 4.88. The molecular formula is C14H28N2O. The zero-order chi connectivity index (χ0) is 12.3. The van der Waals surface area contributed by atoms with Crippen molar-refractivity contribution < 1.29 is 4.74 Å². The molecule has 1 saturated heterocycles. The van der Waals surface area contributed by atoms with Crippen LogP contribution in [0.4, 0.5) is 0 Å². The van der Waals surface area contributed by atoms with Crippen molar-refractivity contribution in [3.8, 4) is 0 Å². The van der Waals surface area contributed by atoms with Gasteiger partial charge in [0.25, 0.3) is 0 Å². The van der Waals surface area contributed by atoms with E-state index in [0.717, 1.165) is 24.9 Å². The molecule has 2 fully saturated rings. The maximum atomic E-state index is 6.02. The Balaban J connectivity index is 1.88. The third-order valence-corrected chi connectivity index (χ3v) is 4.82. The molecular weight excluding hydrogens is 212 g/mol. The van der Waals surface area contributed by atoms with Crippen molar-refractivity contribution in [2.24, 2.45) is 17.6 Å². The van der Waals surface area contributed by atoms with Crippen molar-refractivity contribution in [3.63, 3.8) is 0 Å². The van der Waals surface area contributed by atoms with Gasteiger partial charge in [-0.3, -0.25) is 4.90 Å². The Kier molecular flexibility index (Phi) is 4.83. The van der Waals surface area contributed by atoms with Gasteiger partial charge >= 0.3 is 0 Å². The van der Waals surface area contributed by atoms with Gasteiger partial charge in [0, 0.05) is 32.8 Å². The van der Waals surface area contributed by atoms with Gasteiger partial charge in [-0.15, -0.1) is 0 Å². The van der Waals surface area contributed by atoms with Gasteiger partial charge in [-0.2, -0.15) is 0 Å². The van der Waals surface area contributed by atoms with Crippen LogP contribution >= 0.6 is 0 Å². The Hall–Kier alpha value is -0.120. The maximum absolute atomic E-state index is 6.02. The van der Waals surface area contributed by atoms with Gasteiger partial charge in [-0.1, -0.05) is 19.8 Å². The lowest BCUT2D eigenvalue weighted by Gasteiger charge is -2.37. The average molecular weight is 240 g/mol. The van der Waals surface area contributed by atoms with E-state index in [2.05, 4.69) is 11.8 Å². The van der Waals surface area contributed by atoms with E-state index in [-0.39, 0.29) is 0 Å². The van der Waals surface area contributed by atoms with Gasteiger partial charge in [-0.25, -0.2) is 0 Å². The Morgan fingerprint density at radius 2 is 1.94 bits per heavy atom. The summed E-state index contributed by atoms with van der Waals surface area (Å²) in [5.41, 5.74) is 6.02. The van der Waals surface area contributed by atoms with Crippen molar-refractivity contribution in [1.29, 1.82) is 0 Å². The number of likely N-dealkylation sites (tertiary alicyclic amines) is 1. The Bertz CT molecular complexity index is 224. The normalized spacial score (nSPS) is 37.2. The number of ether oxygens (including phenoxy) is 1. The zero-order valence-corrected chi connectivity index (χ0v) is 11.4. The number of nitrogens with zero attached hydrogens (tertiary/aromatic N) is 1. The number of methoxy groups -OCH3 is 1. The largest absolute Gasteiger partial charge is 0.380 e. The molecule has 0 aromatic rings. The van der Waals surface area contributed by atoms with E-state index in [1.54, 1.807) is 0 Å². The average Bonchev–Trinajstić information content (AvgIpc) is 2.81. The molecule has 2 unspecified atom stereocenters. The summed E-state index contributed by atoms with van der Waals surface area (Å²) in [6.45, 7) is 5.46. The summed E-state index contributed by atoms with van der Waals surface area (Å²) in [5, 5.41) is 0. The minimum atomic E-state index is 0.437. The smallest absolute Gasteiger partial charge is 0.0710 e. The number of hydrogen-bond acceptors (Lipinski definition) is 3. The summed E-state index contributed by atoms with van der Waals surface area (Å²) in [5.74, 6) is 1.75. The van der Waals surface area contributed by atoms with Crippen LogP contribution in [-0.2, 0) is 4.74 Å². The van der Waals surface area contributed by atoms with Crippen LogP contribution < -0.4 is 5.73 Å². The number of rotatable bonds is 4. The highest BCUT2D eigenvalue weighted by atomic mass is 16.5. The molecule has 0 spiro atoms. The van der Waals surface area contributed by atoms with Crippen LogP contribution in [0.25, 0.3) is 0 Å². The highest BCUT2D eigenvalue weighted by Gasteiger charge is 2.33. The standard InChI is InChI=1S/C14H28N2O/c1-11-3-5-12(6-4-11)14(9-15)16-8-7-13(10-16)17-2/h11-14H,3-10,15H2,1-2H3. The van der Waals surface area contributed by atoms with Crippen molar-refractivity contribution >= 4 is 0 Å². The Labute approximate surface area is 106 Å². The van der Waals surface area contributed by atoms with Crippen LogP contribution in [0, 0.1) is 11.8 Å². The minimum absolute atomic E-state index is 0.437. The third kappa shape index (κ3) is 3.21. The van der Waals surface area contributed by atoms with E-state index < -0.39 is 0 Å². The lowest BCUT2D eigenvalue weighted by Crippen LogP contribution is -2.45. The van der Waals surface area contributed by atoms with Crippen LogP contribution in [-0.4, -0.2) is 43.8 Å². The molecule has 1 saturated carbocycles. The van der Waals surface area contributed by atoms with E-state index in [4.69, 9.17) is 10.5 Å². The van der Waals surface area contributed by atoms with Crippen LogP contribution in [0.15, 0.2) is 0 Å². The van der Waals surface area contributed by atoms with Crippen molar-refractivity contribution in [2.75, 3.05) is 26.7 Å². The topological polar surface area (TPSA) is 38.5 Å². The molecule has 2 atom stereocenters. The fourth-order valence-electron chi connectivity index (χ4n) is 3.56. The summed E-state index contributed by atoms with van der Waals surface area (Å²) >= 11 is 0. The Morgan fingerprint density at radius 1 is 1.24 bits per heavy atom. The molecule has 0 bridgehead atoms. The van der Waals surface area contributed by atoms with E-state index in [1.807, 2.05) is 7.11 Å². The predicted octanol–water partition coefficient (Wildman–Crippen LogP) is 1.86. The summed E-state index contributed by atoms with van der Waals surface area (Å²) in [4.78, 5) is 2.58. The van der Waals surface area contributed by atoms with Gasteiger partial charge in [0.05, 0.1) is 6.10 Å². The molecule has 2 aliphatic rings. The second kappa shape index (κ2) is 6.17. The molecule has 17 heavy (non-hydrogen) atoms. The van der Waals surface area contributed by atoms with E-state index >= 15 is 0 Å². The van der Waals surface area contributed by atoms with Crippen molar-refractivity contribution in [1.82, 2.24) is 4.90 Å². The van der Waals surface area contributed by atoms with Gasteiger partial charge in [0.15, 0.2) is 0 Å². The Morgan fingerprint density at radius 3 is 2.47 bits per heavy atom. The van der Waals surface area contributed by atoms with Crippen LogP contribution in [0.2, 0.25) is 0 Å². The summed E-state index contributed by atoms with van der Waals surface area (Å²) in [7, 11) is 1.83. The minimum Gasteiger partial charge on any atom is -0.380 e. The summed E-state index contributed by atoms with van der Waals surface area (Å²) in [6.07, 6.45) is 7.14. The van der Waals surface area contributed by atoms with Crippen LogP contribution in [0.5, 0.6) is 0 Å². The van der Waals surface area contributed by atoms with Crippen LogP contribution in [0.3, 0.4) is 0 Å². The first-order chi connectivity index (χ1) is 8.24. The van der Waals surface area contributed by atoms with Crippen molar-refractivity contribution in [3.05, 3.63) is 0 Å². The molecule has 3 heteroatoms. The third-order valence-electron chi connectivity index (χ3n) is 4.82. The first-order valence-electron chi connectivity index (χ1n) is 7.21. The molecule has 0 aromatic carbocycles. The van der Waals surface area contributed by atoms with E-state index in [9.17, 15) is 0 Å². The monoisotopic (exact) mass is 240 g/mol. The predicted molar refractivity (Wildman–Crippen MR) is 71.0 cm³/mol. The second-order valence-electron chi connectivity index (χ2n) is 5.96. The van der Waals surface area contributed by atoms with Gasteiger partial charge in [-0.05, 0) is 31.1 Å². The zero-order valence-electron chi connectivity index (χ0n) is 11.4. The van der Waals surface area contributed by atoms with Gasteiger partial charge < -0.3 is 10.5 Å².